The van der Waals surface area contributed by atoms with Crippen LogP contribution in [0.5, 0.6) is 0 Å². The zero-order valence-electron chi connectivity index (χ0n) is 17.5. The Morgan fingerprint density at radius 1 is 1.10 bits per heavy atom. The lowest BCUT2D eigenvalue weighted by Crippen LogP contribution is -2.28. The highest BCUT2D eigenvalue weighted by Gasteiger charge is 2.19. The number of carbonyl (C=O) groups excluding carboxylic acids is 1. The van der Waals surface area contributed by atoms with Crippen molar-refractivity contribution >= 4 is 23.1 Å². The minimum Gasteiger partial charge on any atom is -0.353 e. The summed E-state index contributed by atoms with van der Waals surface area (Å²) >= 11 is 0. The van der Waals surface area contributed by atoms with Gasteiger partial charge in [-0.2, -0.15) is 0 Å². The van der Waals surface area contributed by atoms with E-state index in [-0.39, 0.29) is 18.1 Å². The van der Waals surface area contributed by atoms with E-state index in [1.165, 1.54) is 27.5 Å². The molecule has 8 heteroatoms. The summed E-state index contributed by atoms with van der Waals surface area (Å²) in [5, 5.41) is 7.28. The van der Waals surface area contributed by atoms with Gasteiger partial charge in [-0.15, -0.1) is 5.10 Å². The molecule has 2 aromatic heterocycles. The molecule has 1 aromatic carbocycles. The first kappa shape index (κ1) is 20.1. The monoisotopic (exact) mass is 408 g/mol. The van der Waals surface area contributed by atoms with Crippen LogP contribution in [0.2, 0.25) is 0 Å². The minimum atomic E-state index is -0.339. The van der Waals surface area contributed by atoms with Gasteiger partial charge >= 0.3 is 5.69 Å². The van der Waals surface area contributed by atoms with Gasteiger partial charge in [0.1, 0.15) is 6.54 Å². The highest BCUT2D eigenvalue weighted by Crippen LogP contribution is 2.20. The summed E-state index contributed by atoms with van der Waals surface area (Å²) in [4.78, 5) is 32.0. The van der Waals surface area contributed by atoms with Crippen molar-refractivity contribution in [3.63, 3.8) is 0 Å². The topological polar surface area (TPSA) is 84.5 Å². The van der Waals surface area contributed by atoms with Crippen molar-refractivity contribution in [2.45, 2.75) is 52.0 Å². The number of amides is 1. The molecule has 1 aliphatic rings. The zero-order chi connectivity index (χ0) is 21.1. The molecule has 3 aromatic rings. The number of benzene rings is 1. The van der Waals surface area contributed by atoms with E-state index in [1.807, 2.05) is 24.3 Å². The van der Waals surface area contributed by atoms with Crippen molar-refractivity contribution in [3.8, 4) is 0 Å². The fourth-order valence-electron chi connectivity index (χ4n) is 3.83. The average molecular weight is 409 g/mol. The van der Waals surface area contributed by atoms with Crippen LogP contribution >= 0.6 is 0 Å². The summed E-state index contributed by atoms with van der Waals surface area (Å²) < 4.78 is 2.67. The molecule has 0 radical (unpaired) electrons. The lowest BCUT2D eigenvalue weighted by molar-refractivity contribution is -0.117. The van der Waals surface area contributed by atoms with Crippen LogP contribution in [0.25, 0.3) is 5.65 Å². The number of carbonyl (C=O) groups is 1. The lowest BCUT2D eigenvalue weighted by Gasteiger charge is -2.20. The molecule has 0 unspecified atom stereocenters. The fraction of sp³-hybridized carbons (Fsp3) is 0.455. The molecule has 30 heavy (non-hydrogen) atoms. The first-order valence-corrected chi connectivity index (χ1v) is 10.6. The van der Waals surface area contributed by atoms with E-state index in [0.29, 0.717) is 23.1 Å². The van der Waals surface area contributed by atoms with Crippen molar-refractivity contribution in [1.82, 2.24) is 19.2 Å². The molecule has 0 spiro atoms. The summed E-state index contributed by atoms with van der Waals surface area (Å²) in [6.45, 7) is 5.91. The molecule has 1 N–H and O–H groups in total. The van der Waals surface area contributed by atoms with E-state index in [9.17, 15) is 9.59 Å². The Morgan fingerprint density at radius 3 is 2.47 bits per heavy atom. The minimum absolute atomic E-state index is 0.147. The second-order valence-electron chi connectivity index (χ2n) is 8.11. The van der Waals surface area contributed by atoms with Crippen molar-refractivity contribution in [2.24, 2.45) is 0 Å². The van der Waals surface area contributed by atoms with Crippen LogP contribution in [-0.2, 0) is 11.3 Å². The second-order valence-corrected chi connectivity index (χ2v) is 8.11. The van der Waals surface area contributed by atoms with Gasteiger partial charge in [0.15, 0.2) is 5.82 Å². The molecule has 1 aliphatic heterocycles. The van der Waals surface area contributed by atoms with E-state index >= 15 is 0 Å². The number of hydrogen-bond donors (Lipinski definition) is 1. The number of nitrogens with one attached hydrogen (secondary N) is 1. The first-order valence-electron chi connectivity index (χ1n) is 10.6. The summed E-state index contributed by atoms with van der Waals surface area (Å²) in [6, 6.07) is 7.75. The third kappa shape index (κ3) is 4.22. The number of nitrogens with zero attached hydrogens (tertiary/aromatic N) is 5. The van der Waals surface area contributed by atoms with E-state index in [0.717, 1.165) is 25.9 Å². The molecule has 158 valence electrons. The van der Waals surface area contributed by atoms with E-state index in [1.54, 1.807) is 12.4 Å². The Morgan fingerprint density at radius 2 is 1.80 bits per heavy atom. The maximum atomic E-state index is 12.8. The Balaban J connectivity index is 1.54. The molecule has 1 amide bonds. The van der Waals surface area contributed by atoms with Gasteiger partial charge in [0.25, 0.3) is 0 Å². The van der Waals surface area contributed by atoms with Crippen LogP contribution < -0.4 is 15.9 Å². The van der Waals surface area contributed by atoms with Crippen LogP contribution in [-0.4, -0.2) is 38.2 Å². The smallest absolute Gasteiger partial charge is 0.350 e. The maximum Gasteiger partial charge on any atom is 0.350 e. The van der Waals surface area contributed by atoms with Gasteiger partial charge in [-0.05, 0) is 36.5 Å². The highest BCUT2D eigenvalue weighted by molar-refractivity contribution is 5.90. The van der Waals surface area contributed by atoms with Gasteiger partial charge in [-0.25, -0.2) is 18.9 Å². The summed E-state index contributed by atoms with van der Waals surface area (Å²) in [5.74, 6) is 0.848. The summed E-state index contributed by atoms with van der Waals surface area (Å²) in [7, 11) is 0. The Bertz CT molecular complexity index is 1080. The third-order valence-corrected chi connectivity index (χ3v) is 5.54. The highest BCUT2D eigenvalue weighted by atomic mass is 16.2. The van der Waals surface area contributed by atoms with Crippen LogP contribution in [0.3, 0.4) is 0 Å². The number of fused-ring (bicyclic) bond motifs is 1. The van der Waals surface area contributed by atoms with Crippen LogP contribution in [0.1, 0.15) is 51.0 Å². The largest absolute Gasteiger partial charge is 0.353 e. The van der Waals surface area contributed by atoms with Crippen molar-refractivity contribution in [1.29, 1.82) is 0 Å². The zero-order valence-corrected chi connectivity index (χ0v) is 17.5. The maximum absolute atomic E-state index is 12.8. The van der Waals surface area contributed by atoms with Crippen molar-refractivity contribution in [2.75, 3.05) is 23.3 Å². The Kier molecular flexibility index (Phi) is 5.83. The Labute approximate surface area is 175 Å². The molecule has 1 saturated heterocycles. The molecule has 0 atom stereocenters. The molecule has 3 heterocycles. The molecule has 0 bridgehead atoms. The lowest BCUT2D eigenvalue weighted by atomic mass is 10.0. The van der Waals surface area contributed by atoms with Gasteiger partial charge < -0.3 is 10.2 Å². The van der Waals surface area contributed by atoms with Gasteiger partial charge in [0.2, 0.25) is 11.6 Å². The van der Waals surface area contributed by atoms with E-state index in [4.69, 9.17) is 0 Å². The fourth-order valence-corrected chi connectivity index (χ4v) is 3.83. The SMILES string of the molecule is CC(C)c1ccc(NC(=O)Cn2nc3c(N4CCCCCC4)nccn3c2=O)cc1. The number of rotatable bonds is 5. The van der Waals surface area contributed by atoms with Crippen molar-refractivity contribution < 1.29 is 4.79 Å². The number of aromatic nitrogens is 4. The molecule has 1 fully saturated rings. The Hall–Kier alpha value is -3.16. The molecular formula is C22H28N6O2. The molecule has 4 rings (SSSR count). The van der Waals surface area contributed by atoms with Crippen molar-refractivity contribution in [3.05, 3.63) is 52.7 Å². The predicted octanol–water partition coefficient (Wildman–Crippen LogP) is 3.03. The molecule has 0 saturated carbocycles. The van der Waals surface area contributed by atoms with Gasteiger partial charge in [-0.1, -0.05) is 38.8 Å². The van der Waals surface area contributed by atoms with E-state index < -0.39 is 0 Å². The third-order valence-electron chi connectivity index (χ3n) is 5.54. The first-order chi connectivity index (χ1) is 14.5. The second kappa shape index (κ2) is 8.69. The van der Waals surface area contributed by atoms with Crippen LogP contribution in [0.4, 0.5) is 11.5 Å². The normalized spacial score (nSPS) is 14.8. The molecular weight excluding hydrogens is 380 g/mol. The molecule has 8 nitrogen and oxygen atoms in total. The number of hydrogen-bond acceptors (Lipinski definition) is 5. The summed E-state index contributed by atoms with van der Waals surface area (Å²) in [6.07, 6.45) is 7.84. The van der Waals surface area contributed by atoms with Gasteiger partial charge in [0.05, 0.1) is 0 Å². The van der Waals surface area contributed by atoms with Gasteiger partial charge in [-0.3, -0.25) is 4.79 Å². The van der Waals surface area contributed by atoms with Crippen LogP contribution in [0.15, 0.2) is 41.5 Å². The number of anilines is 2. The van der Waals surface area contributed by atoms with Crippen LogP contribution in [0, 0.1) is 0 Å². The quantitative estimate of drug-likeness (QED) is 0.701. The average Bonchev–Trinajstić information content (AvgIpc) is 2.91. The summed E-state index contributed by atoms with van der Waals surface area (Å²) in [5.41, 5.74) is 2.07. The predicted molar refractivity (Wildman–Crippen MR) is 117 cm³/mol. The standard InChI is InChI=1S/C22H28N6O2/c1-16(2)17-7-9-18(10-8-17)24-19(29)15-28-22(30)27-14-11-23-20(21(27)25-28)26-12-5-3-4-6-13-26/h7-11,14,16H,3-6,12-13,15H2,1-2H3,(H,24,29). The van der Waals surface area contributed by atoms with E-state index in [2.05, 4.69) is 34.1 Å². The van der Waals surface area contributed by atoms with Gasteiger partial charge in [0, 0.05) is 31.2 Å². The molecule has 0 aliphatic carbocycles.